The predicted molar refractivity (Wildman–Crippen MR) is 75.4 cm³/mol. The number of aromatic nitrogens is 3. The molecule has 0 unspecified atom stereocenters. The Morgan fingerprint density at radius 2 is 2.17 bits per heavy atom. The molecule has 2 rings (SSSR count). The summed E-state index contributed by atoms with van der Waals surface area (Å²) in [6.07, 6.45) is 1.89. The van der Waals surface area contributed by atoms with E-state index < -0.39 is 0 Å². The minimum atomic E-state index is 0.400. The number of para-hydroxylation sites is 1. The van der Waals surface area contributed by atoms with E-state index in [4.69, 9.17) is 18.0 Å². The molecule has 94 valence electrons. The fourth-order valence-electron chi connectivity index (χ4n) is 1.81. The van der Waals surface area contributed by atoms with Crippen molar-refractivity contribution in [3.63, 3.8) is 0 Å². The van der Waals surface area contributed by atoms with Gasteiger partial charge in [0.15, 0.2) is 0 Å². The van der Waals surface area contributed by atoms with E-state index in [0.717, 1.165) is 16.9 Å². The second-order valence-corrected chi connectivity index (χ2v) is 4.56. The van der Waals surface area contributed by atoms with Crippen LogP contribution in [0.2, 0.25) is 0 Å². The van der Waals surface area contributed by atoms with Crippen molar-refractivity contribution in [1.29, 1.82) is 0 Å². The summed E-state index contributed by atoms with van der Waals surface area (Å²) in [7, 11) is 3.82. The first-order valence-corrected chi connectivity index (χ1v) is 5.94. The summed E-state index contributed by atoms with van der Waals surface area (Å²) in [5.74, 6) is 0. The average Bonchev–Trinajstić information content (AvgIpc) is 2.74. The third-order valence-corrected chi connectivity index (χ3v) is 2.85. The third-order valence-electron chi connectivity index (χ3n) is 2.63. The minimum absolute atomic E-state index is 0.400. The summed E-state index contributed by atoms with van der Waals surface area (Å²) in [5, 5.41) is 7.97. The Morgan fingerprint density at radius 1 is 1.44 bits per heavy atom. The van der Waals surface area contributed by atoms with Crippen LogP contribution < -0.4 is 10.6 Å². The van der Waals surface area contributed by atoms with Gasteiger partial charge in [-0.2, -0.15) is 0 Å². The fraction of sp³-hybridized carbons (Fsp3) is 0.250. The molecule has 0 radical (unpaired) electrons. The first-order valence-electron chi connectivity index (χ1n) is 5.53. The molecule has 0 fully saturated rings. The third kappa shape index (κ3) is 2.65. The van der Waals surface area contributed by atoms with E-state index in [9.17, 15) is 0 Å². The molecule has 18 heavy (non-hydrogen) atoms. The maximum Gasteiger partial charge on any atom is 0.106 e. The Labute approximate surface area is 111 Å². The van der Waals surface area contributed by atoms with Crippen molar-refractivity contribution in [1.82, 2.24) is 15.0 Å². The molecule has 0 spiro atoms. The lowest BCUT2D eigenvalue weighted by Gasteiger charge is -2.20. The zero-order chi connectivity index (χ0) is 13.1. The molecule has 0 atom stereocenters. The molecular formula is C12H15N5S. The van der Waals surface area contributed by atoms with Crippen molar-refractivity contribution in [2.75, 3.05) is 11.9 Å². The van der Waals surface area contributed by atoms with Crippen molar-refractivity contribution in [2.45, 2.75) is 6.54 Å². The van der Waals surface area contributed by atoms with Crippen LogP contribution in [0.5, 0.6) is 0 Å². The number of hydrogen-bond donors (Lipinski definition) is 1. The van der Waals surface area contributed by atoms with Gasteiger partial charge in [-0.05, 0) is 12.1 Å². The number of thiocarbonyl (C=S) groups is 1. The predicted octanol–water partition coefficient (Wildman–Crippen LogP) is 1.09. The molecule has 0 aliphatic carbocycles. The van der Waals surface area contributed by atoms with Crippen molar-refractivity contribution in [3.8, 4) is 0 Å². The Balaban J connectivity index is 2.23. The largest absolute Gasteiger partial charge is 0.389 e. The van der Waals surface area contributed by atoms with Crippen LogP contribution in [0.3, 0.4) is 0 Å². The van der Waals surface area contributed by atoms with Gasteiger partial charge in [-0.1, -0.05) is 29.6 Å². The van der Waals surface area contributed by atoms with Crippen LogP contribution in [-0.2, 0) is 13.6 Å². The first-order chi connectivity index (χ1) is 8.58. The molecule has 1 aromatic carbocycles. The quantitative estimate of drug-likeness (QED) is 0.835. The maximum atomic E-state index is 5.72. The standard InChI is InChI=1S/C12H15N5S/c1-16(7-9-8-17(2)15-14-9)11-6-4-3-5-10(11)12(13)18/h3-6,8H,7H2,1-2H3,(H2,13,18). The molecule has 0 amide bonds. The maximum absolute atomic E-state index is 5.72. The van der Waals surface area contributed by atoms with Crippen molar-refractivity contribution < 1.29 is 0 Å². The van der Waals surface area contributed by atoms with Crippen molar-refractivity contribution in [3.05, 3.63) is 41.7 Å². The van der Waals surface area contributed by atoms with Gasteiger partial charge >= 0.3 is 0 Å². The lowest BCUT2D eigenvalue weighted by atomic mass is 10.1. The van der Waals surface area contributed by atoms with Crippen molar-refractivity contribution in [2.24, 2.45) is 12.8 Å². The van der Waals surface area contributed by atoms with Crippen LogP contribution in [-0.4, -0.2) is 27.0 Å². The lowest BCUT2D eigenvalue weighted by molar-refractivity contribution is 0.712. The van der Waals surface area contributed by atoms with Crippen LogP contribution >= 0.6 is 12.2 Å². The van der Waals surface area contributed by atoms with E-state index in [1.165, 1.54) is 0 Å². The molecule has 0 aliphatic heterocycles. The zero-order valence-electron chi connectivity index (χ0n) is 10.4. The van der Waals surface area contributed by atoms with Gasteiger partial charge in [0.2, 0.25) is 0 Å². The number of anilines is 1. The van der Waals surface area contributed by atoms with E-state index in [1.807, 2.05) is 44.6 Å². The summed E-state index contributed by atoms with van der Waals surface area (Å²) >= 11 is 5.06. The van der Waals surface area contributed by atoms with E-state index in [-0.39, 0.29) is 0 Å². The van der Waals surface area contributed by atoms with Gasteiger partial charge in [-0.15, -0.1) is 5.10 Å². The molecule has 5 nitrogen and oxygen atoms in total. The van der Waals surface area contributed by atoms with Crippen LogP contribution in [0, 0.1) is 0 Å². The van der Waals surface area contributed by atoms with Gasteiger partial charge in [0.25, 0.3) is 0 Å². The molecule has 6 heteroatoms. The molecular weight excluding hydrogens is 246 g/mol. The van der Waals surface area contributed by atoms with Crippen LogP contribution in [0.1, 0.15) is 11.3 Å². The van der Waals surface area contributed by atoms with E-state index in [0.29, 0.717) is 11.5 Å². The highest BCUT2D eigenvalue weighted by molar-refractivity contribution is 7.80. The summed E-state index contributed by atoms with van der Waals surface area (Å²) in [4.78, 5) is 2.45. The van der Waals surface area contributed by atoms with Gasteiger partial charge in [0, 0.05) is 31.5 Å². The lowest BCUT2D eigenvalue weighted by Crippen LogP contribution is -2.21. The fourth-order valence-corrected chi connectivity index (χ4v) is 1.98. The number of rotatable bonds is 4. The topological polar surface area (TPSA) is 60.0 Å². The van der Waals surface area contributed by atoms with Crippen LogP contribution in [0.4, 0.5) is 5.69 Å². The Kier molecular flexibility index (Phi) is 3.57. The van der Waals surface area contributed by atoms with Gasteiger partial charge in [-0.25, -0.2) is 0 Å². The molecule has 1 heterocycles. The van der Waals surface area contributed by atoms with E-state index >= 15 is 0 Å². The van der Waals surface area contributed by atoms with Gasteiger partial charge < -0.3 is 10.6 Å². The first kappa shape index (κ1) is 12.5. The van der Waals surface area contributed by atoms with Gasteiger partial charge in [0.05, 0.1) is 6.54 Å². The Hall–Kier alpha value is -1.95. The highest BCUT2D eigenvalue weighted by Crippen LogP contribution is 2.20. The average molecular weight is 261 g/mol. The summed E-state index contributed by atoms with van der Waals surface area (Å²) in [6, 6.07) is 7.80. The molecule has 0 bridgehead atoms. The summed E-state index contributed by atoms with van der Waals surface area (Å²) < 4.78 is 1.68. The normalized spacial score (nSPS) is 10.3. The van der Waals surface area contributed by atoms with E-state index in [2.05, 4.69) is 15.2 Å². The highest BCUT2D eigenvalue weighted by atomic mass is 32.1. The Bertz CT molecular complexity index is 563. The SMILES string of the molecule is CN(Cc1cn(C)nn1)c1ccccc1C(N)=S. The smallest absolute Gasteiger partial charge is 0.106 e. The number of nitrogens with zero attached hydrogens (tertiary/aromatic N) is 4. The summed E-state index contributed by atoms with van der Waals surface area (Å²) in [6.45, 7) is 0.660. The summed E-state index contributed by atoms with van der Waals surface area (Å²) in [5.41, 5.74) is 8.49. The zero-order valence-corrected chi connectivity index (χ0v) is 11.2. The van der Waals surface area contributed by atoms with E-state index in [1.54, 1.807) is 4.68 Å². The highest BCUT2D eigenvalue weighted by Gasteiger charge is 2.10. The molecule has 2 N–H and O–H groups in total. The number of nitrogens with two attached hydrogens (primary N) is 1. The second kappa shape index (κ2) is 5.14. The molecule has 0 saturated heterocycles. The Morgan fingerprint density at radius 3 is 2.78 bits per heavy atom. The monoisotopic (exact) mass is 261 g/mol. The minimum Gasteiger partial charge on any atom is -0.389 e. The van der Waals surface area contributed by atoms with Gasteiger partial charge in [0.1, 0.15) is 10.7 Å². The number of benzene rings is 1. The van der Waals surface area contributed by atoms with Crippen LogP contribution in [0.25, 0.3) is 0 Å². The number of hydrogen-bond acceptors (Lipinski definition) is 4. The molecule has 2 aromatic rings. The van der Waals surface area contributed by atoms with Crippen LogP contribution in [0.15, 0.2) is 30.5 Å². The molecule has 0 aliphatic rings. The number of aryl methyl sites for hydroxylation is 1. The second-order valence-electron chi connectivity index (χ2n) is 4.12. The molecule has 0 saturated carbocycles. The van der Waals surface area contributed by atoms with Crippen molar-refractivity contribution >= 4 is 22.9 Å². The molecule has 1 aromatic heterocycles. The van der Waals surface area contributed by atoms with Gasteiger partial charge in [-0.3, -0.25) is 4.68 Å².